The Hall–Kier alpha value is -1.68. The maximum atomic E-state index is 11.9. The summed E-state index contributed by atoms with van der Waals surface area (Å²) in [5.41, 5.74) is 0.914. The summed E-state index contributed by atoms with van der Waals surface area (Å²) in [6.07, 6.45) is 4.71. The molecule has 0 unspecified atom stereocenters. The summed E-state index contributed by atoms with van der Waals surface area (Å²) in [5.74, 6) is -0.142. The molecule has 0 radical (unpaired) electrons. The lowest BCUT2D eigenvalue weighted by Gasteiger charge is -1.96. The third-order valence-electron chi connectivity index (χ3n) is 2.18. The minimum absolute atomic E-state index is 0.142. The number of pyridine rings is 1. The van der Waals surface area contributed by atoms with Crippen LogP contribution in [0.3, 0.4) is 0 Å². The monoisotopic (exact) mass is 235 g/mol. The Bertz CT molecular complexity index is 504. The van der Waals surface area contributed by atoms with Crippen LogP contribution in [0.4, 0.5) is 0 Å². The molecule has 0 saturated carbocycles. The predicted octanol–water partition coefficient (Wildman–Crippen LogP) is 2.18. The summed E-state index contributed by atoms with van der Waals surface area (Å²) in [6, 6.07) is 3.25. The van der Waals surface area contributed by atoms with Gasteiger partial charge < -0.3 is 0 Å². The summed E-state index contributed by atoms with van der Waals surface area (Å²) in [4.78, 5) is 15.9. The van der Waals surface area contributed by atoms with Crippen LogP contribution in [-0.2, 0) is 6.54 Å². The predicted molar refractivity (Wildman–Crippen MR) is 60.6 cm³/mol. The highest BCUT2D eigenvalue weighted by Gasteiger charge is 2.12. The van der Waals surface area contributed by atoms with Gasteiger partial charge in [0.15, 0.2) is 0 Å². The molecule has 82 valence electrons. The smallest absolute Gasteiger partial charge is 0.214 e. The highest BCUT2D eigenvalue weighted by Crippen LogP contribution is 2.10. The van der Waals surface area contributed by atoms with Gasteiger partial charge in [0, 0.05) is 18.9 Å². The molecule has 0 aromatic carbocycles. The average Bonchev–Trinajstić information content (AvgIpc) is 2.77. The van der Waals surface area contributed by atoms with Gasteiger partial charge in [0.2, 0.25) is 5.78 Å². The van der Waals surface area contributed by atoms with Gasteiger partial charge in [-0.05, 0) is 19.1 Å². The highest BCUT2D eigenvalue weighted by atomic mass is 35.5. The SMILES string of the molecule is CCn1cc(C(=O)c2ccc(Cl)cn2)cn1. The zero-order chi connectivity index (χ0) is 11.5. The fourth-order valence-electron chi connectivity index (χ4n) is 1.31. The van der Waals surface area contributed by atoms with E-state index in [2.05, 4.69) is 10.1 Å². The van der Waals surface area contributed by atoms with Crippen LogP contribution in [0.5, 0.6) is 0 Å². The third kappa shape index (κ3) is 2.12. The molecular formula is C11H10ClN3O. The second-order valence-electron chi connectivity index (χ2n) is 3.28. The number of nitrogens with zero attached hydrogens (tertiary/aromatic N) is 3. The lowest BCUT2D eigenvalue weighted by molar-refractivity contribution is 0.103. The molecule has 0 fully saturated rings. The lowest BCUT2D eigenvalue weighted by atomic mass is 10.1. The van der Waals surface area contributed by atoms with E-state index in [0.29, 0.717) is 16.3 Å². The maximum Gasteiger partial charge on any atom is 0.214 e. The Morgan fingerprint density at radius 3 is 2.81 bits per heavy atom. The van der Waals surface area contributed by atoms with E-state index >= 15 is 0 Å². The standard InChI is InChI=1S/C11H10ClN3O/c1-2-15-7-8(5-14-15)11(16)10-4-3-9(12)6-13-10/h3-7H,2H2,1H3. The zero-order valence-electron chi connectivity index (χ0n) is 8.72. The van der Waals surface area contributed by atoms with Crippen molar-refractivity contribution in [2.75, 3.05) is 0 Å². The molecule has 0 aliphatic carbocycles. The summed E-state index contributed by atoms with van der Waals surface area (Å²) < 4.78 is 1.70. The van der Waals surface area contributed by atoms with Gasteiger partial charge in [0.25, 0.3) is 0 Å². The molecule has 4 nitrogen and oxygen atoms in total. The number of carbonyl (C=O) groups is 1. The van der Waals surface area contributed by atoms with Gasteiger partial charge in [-0.2, -0.15) is 5.10 Å². The van der Waals surface area contributed by atoms with Gasteiger partial charge in [-0.3, -0.25) is 14.5 Å². The first-order valence-corrected chi connectivity index (χ1v) is 5.27. The number of aromatic nitrogens is 3. The number of hydrogen-bond acceptors (Lipinski definition) is 3. The van der Waals surface area contributed by atoms with Crippen molar-refractivity contribution in [3.05, 3.63) is 47.0 Å². The Balaban J connectivity index is 2.28. The van der Waals surface area contributed by atoms with Gasteiger partial charge >= 0.3 is 0 Å². The van der Waals surface area contributed by atoms with Crippen molar-refractivity contribution in [1.82, 2.24) is 14.8 Å². The van der Waals surface area contributed by atoms with Crippen molar-refractivity contribution >= 4 is 17.4 Å². The summed E-state index contributed by atoms with van der Waals surface area (Å²) >= 11 is 5.70. The van der Waals surface area contributed by atoms with E-state index in [-0.39, 0.29) is 5.78 Å². The molecule has 0 aliphatic heterocycles. The van der Waals surface area contributed by atoms with Crippen molar-refractivity contribution in [1.29, 1.82) is 0 Å². The minimum atomic E-state index is -0.142. The minimum Gasteiger partial charge on any atom is -0.287 e. The number of ketones is 1. The number of halogens is 1. The molecule has 0 amide bonds. The van der Waals surface area contributed by atoms with Gasteiger partial charge in [0.1, 0.15) is 5.69 Å². The van der Waals surface area contributed by atoms with Crippen LogP contribution in [0.2, 0.25) is 5.02 Å². The third-order valence-corrected chi connectivity index (χ3v) is 2.40. The highest BCUT2D eigenvalue weighted by molar-refractivity contribution is 6.30. The first kappa shape index (κ1) is 10.8. The summed E-state index contributed by atoms with van der Waals surface area (Å²) in [5, 5.41) is 4.56. The molecule has 0 N–H and O–H groups in total. The molecule has 0 aliphatic rings. The molecule has 2 aromatic heterocycles. The van der Waals surface area contributed by atoms with Gasteiger partial charge in [-0.25, -0.2) is 0 Å². The van der Waals surface area contributed by atoms with E-state index in [1.807, 2.05) is 6.92 Å². The molecule has 2 aromatic rings. The molecule has 5 heteroatoms. The van der Waals surface area contributed by atoms with Crippen molar-refractivity contribution in [3.63, 3.8) is 0 Å². The maximum absolute atomic E-state index is 11.9. The molecule has 2 heterocycles. The Labute approximate surface area is 97.9 Å². The van der Waals surface area contributed by atoms with E-state index in [1.54, 1.807) is 29.2 Å². The number of rotatable bonds is 3. The van der Waals surface area contributed by atoms with E-state index in [0.717, 1.165) is 6.54 Å². The first-order valence-electron chi connectivity index (χ1n) is 4.89. The Morgan fingerprint density at radius 2 is 2.25 bits per heavy atom. The van der Waals surface area contributed by atoms with E-state index in [9.17, 15) is 4.79 Å². The number of carbonyl (C=O) groups excluding carboxylic acids is 1. The number of hydrogen-bond donors (Lipinski definition) is 0. The number of aryl methyl sites for hydroxylation is 1. The molecule has 0 saturated heterocycles. The average molecular weight is 236 g/mol. The van der Waals surface area contributed by atoms with Crippen LogP contribution in [-0.4, -0.2) is 20.5 Å². The zero-order valence-corrected chi connectivity index (χ0v) is 9.48. The quantitative estimate of drug-likeness (QED) is 0.767. The Kier molecular flexibility index (Phi) is 3.01. The van der Waals surface area contributed by atoms with E-state index in [4.69, 9.17) is 11.6 Å². The van der Waals surface area contributed by atoms with Gasteiger partial charge in [-0.1, -0.05) is 11.6 Å². The summed E-state index contributed by atoms with van der Waals surface area (Å²) in [7, 11) is 0. The summed E-state index contributed by atoms with van der Waals surface area (Å²) in [6.45, 7) is 2.70. The second kappa shape index (κ2) is 4.45. The molecule has 0 atom stereocenters. The van der Waals surface area contributed by atoms with Crippen LogP contribution >= 0.6 is 11.6 Å². The van der Waals surface area contributed by atoms with E-state index < -0.39 is 0 Å². The van der Waals surface area contributed by atoms with Crippen molar-refractivity contribution in [3.8, 4) is 0 Å². The largest absolute Gasteiger partial charge is 0.287 e. The van der Waals surface area contributed by atoms with Crippen LogP contribution in [0.15, 0.2) is 30.7 Å². The van der Waals surface area contributed by atoms with Crippen LogP contribution in [0, 0.1) is 0 Å². The van der Waals surface area contributed by atoms with Crippen LogP contribution < -0.4 is 0 Å². The molecule has 2 rings (SSSR count). The molecule has 16 heavy (non-hydrogen) atoms. The fourth-order valence-corrected chi connectivity index (χ4v) is 1.42. The molecule has 0 bridgehead atoms. The normalized spacial score (nSPS) is 10.4. The van der Waals surface area contributed by atoms with Crippen molar-refractivity contribution in [2.45, 2.75) is 13.5 Å². The second-order valence-corrected chi connectivity index (χ2v) is 3.71. The lowest BCUT2D eigenvalue weighted by Crippen LogP contribution is -2.02. The first-order chi connectivity index (χ1) is 7.70. The van der Waals surface area contributed by atoms with Crippen molar-refractivity contribution in [2.24, 2.45) is 0 Å². The van der Waals surface area contributed by atoms with E-state index in [1.165, 1.54) is 6.20 Å². The van der Waals surface area contributed by atoms with Crippen LogP contribution in [0.25, 0.3) is 0 Å². The molecule has 0 spiro atoms. The fraction of sp³-hybridized carbons (Fsp3) is 0.182. The Morgan fingerprint density at radius 1 is 1.44 bits per heavy atom. The molecular weight excluding hydrogens is 226 g/mol. The topological polar surface area (TPSA) is 47.8 Å². The van der Waals surface area contributed by atoms with Gasteiger partial charge in [0.05, 0.1) is 16.8 Å². The van der Waals surface area contributed by atoms with Crippen molar-refractivity contribution < 1.29 is 4.79 Å². The van der Waals surface area contributed by atoms with Crippen LogP contribution in [0.1, 0.15) is 23.0 Å². The van der Waals surface area contributed by atoms with Gasteiger partial charge in [-0.15, -0.1) is 0 Å².